The van der Waals surface area contributed by atoms with E-state index in [4.69, 9.17) is 17.3 Å². The molecule has 0 spiro atoms. The molecule has 3 heteroatoms. The number of aromatic nitrogens is 1. The maximum absolute atomic E-state index is 6.06. The van der Waals surface area contributed by atoms with Crippen molar-refractivity contribution in [3.05, 3.63) is 35.0 Å². The third kappa shape index (κ3) is 1.30. The summed E-state index contributed by atoms with van der Waals surface area (Å²) in [5, 5.41) is 1.88. The highest BCUT2D eigenvalue weighted by Crippen LogP contribution is 2.43. The van der Waals surface area contributed by atoms with E-state index in [1.54, 1.807) is 0 Å². The van der Waals surface area contributed by atoms with Crippen LogP contribution in [0.5, 0.6) is 0 Å². The smallest absolute Gasteiger partial charge is 0.0659 e. The van der Waals surface area contributed by atoms with Crippen molar-refractivity contribution < 1.29 is 0 Å². The molecule has 0 amide bonds. The summed E-state index contributed by atoms with van der Waals surface area (Å²) in [6.07, 6.45) is 5.56. The van der Waals surface area contributed by atoms with Gasteiger partial charge in [0.25, 0.3) is 0 Å². The quantitative estimate of drug-likeness (QED) is 0.823. The number of hydrogen-bond acceptors (Lipinski definition) is 1. The van der Waals surface area contributed by atoms with Gasteiger partial charge in [0.05, 0.1) is 5.02 Å². The van der Waals surface area contributed by atoms with Gasteiger partial charge in [0.1, 0.15) is 0 Å². The molecule has 84 valence electrons. The van der Waals surface area contributed by atoms with Gasteiger partial charge in [-0.3, -0.25) is 0 Å². The first-order valence-electron chi connectivity index (χ1n) is 5.72. The topological polar surface area (TPSA) is 41.8 Å². The second-order valence-electron chi connectivity index (χ2n) is 4.73. The maximum atomic E-state index is 6.06. The summed E-state index contributed by atoms with van der Waals surface area (Å²) in [5.41, 5.74) is 8.61. The van der Waals surface area contributed by atoms with Crippen molar-refractivity contribution in [2.75, 3.05) is 6.54 Å². The molecule has 3 rings (SSSR count). The highest BCUT2D eigenvalue weighted by molar-refractivity contribution is 6.35. The lowest BCUT2D eigenvalue weighted by Gasteiger charge is -2.41. The van der Waals surface area contributed by atoms with Gasteiger partial charge in [-0.25, -0.2) is 0 Å². The molecule has 0 bridgehead atoms. The summed E-state index contributed by atoms with van der Waals surface area (Å²) in [6, 6.07) is 6.47. The minimum Gasteiger partial charge on any atom is -0.360 e. The first kappa shape index (κ1) is 10.2. The predicted octanol–water partition coefficient (Wildman–Crippen LogP) is 3.20. The molecule has 2 nitrogen and oxygen atoms in total. The molecule has 0 aliphatic heterocycles. The molecule has 16 heavy (non-hydrogen) atoms. The fraction of sp³-hybridized carbons (Fsp3) is 0.385. The summed E-state index contributed by atoms with van der Waals surface area (Å²) in [7, 11) is 0. The SMILES string of the molecule is NCC1(c2ccc3c(Cl)c[nH]c3c2)CCC1. The molecule has 1 fully saturated rings. The summed E-state index contributed by atoms with van der Waals surface area (Å²) < 4.78 is 0. The molecule has 1 aromatic heterocycles. The van der Waals surface area contributed by atoms with Crippen molar-refractivity contribution in [2.24, 2.45) is 5.73 Å². The summed E-state index contributed by atoms with van der Waals surface area (Å²) in [6.45, 7) is 0.743. The fourth-order valence-corrected chi connectivity index (χ4v) is 2.85. The van der Waals surface area contributed by atoms with E-state index in [1.807, 2.05) is 6.20 Å². The zero-order valence-corrected chi connectivity index (χ0v) is 9.85. The average molecular weight is 235 g/mol. The Balaban J connectivity index is 2.11. The molecule has 0 saturated heterocycles. The minimum atomic E-state index is 0.228. The predicted molar refractivity (Wildman–Crippen MR) is 67.9 cm³/mol. The Morgan fingerprint density at radius 3 is 2.81 bits per heavy atom. The standard InChI is InChI=1S/C13H15ClN2/c14-11-7-16-12-6-9(2-3-10(11)12)13(8-15)4-1-5-13/h2-3,6-7,16H,1,4-5,8,15H2. The maximum Gasteiger partial charge on any atom is 0.0659 e. The summed E-state index contributed by atoms with van der Waals surface area (Å²) in [4.78, 5) is 3.20. The van der Waals surface area contributed by atoms with Gasteiger partial charge in [-0.05, 0) is 24.5 Å². The number of fused-ring (bicyclic) bond motifs is 1. The number of benzene rings is 1. The lowest BCUT2D eigenvalue weighted by molar-refractivity contribution is 0.253. The Hall–Kier alpha value is -0.990. The Morgan fingerprint density at radius 2 is 2.19 bits per heavy atom. The second kappa shape index (κ2) is 3.51. The zero-order chi connectivity index (χ0) is 11.2. The molecule has 1 saturated carbocycles. The number of halogens is 1. The van der Waals surface area contributed by atoms with Crippen molar-refractivity contribution in [3.63, 3.8) is 0 Å². The lowest BCUT2D eigenvalue weighted by Crippen LogP contribution is -2.41. The van der Waals surface area contributed by atoms with Gasteiger partial charge in [-0.1, -0.05) is 30.2 Å². The van der Waals surface area contributed by atoms with E-state index in [2.05, 4.69) is 23.2 Å². The van der Waals surface area contributed by atoms with Crippen LogP contribution in [0.2, 0.25) is 5.02 Å². The van der Waals surface area contributed by atoms with Crippen molar-refractivity contribution in [1.82, 2.24) is 4.98 Å². The molecule has 1 aliphatic rings. The Bertz CT molecular complexity index is 520. The monoisotopic (exact) mass is 234 g/mol. The van der Waals surface area contributed by atoms with E-state index in [0.29, 0.717) is 0 Å². The van der Waals surface area contributed by atoms with Gasteiger partial charge in [-0.2, -0.15) is 0 Å². The number of aromatic amines is 1. The Labute approximate surface area is 99.8 Å². The van der Waals surface area contributed by atoms with E-state index >= 15 is 0 Å². The molecule has 0 radical (unpaired) electrons. The largest absolute Gasteiger partial charge is 0.360 e. The van der Waals surface area contributed by atoms with Crippen LogP contribution in [-0.2, 0) is 5.41 Å². The fourth-order valence-electron chi connectivity index (χ4n) is 2.63. The van der Waals surface area contributed by atoms with Crippen LogP contribution < -0.4 is 5.73 Å². The van der Waals surface area contributed by atoms with Crippen LogP contribution in [-0.4, -0.2) is 11.5 Å². The summed E-state index contributed by atoms with van der Waals surface area (Å²) in [5.74, 6) is 0. The van der Waals surface area contributed by atoms with Gasteiger partial charge >= 0.3 is 0 Å². The van der Waals surface area contributed by atoms with Crippen molar-refractivity contribution in [2.45, 2.75) is 24.7 Å². The van der Waals surface area contributed by atoms with Crippen LogP contribution in [0.3, 0.4) is 0 Å². The van der Waals surface area contributed by atoms with Gasteiger partial charge in [0, 0.05) is 29.1 Å². The van der Waals surface area contributed by atoms with Crippen molar-refractivity contribution in [1.29, 1.82) is 0 Å². The third-order valence-corrected chi connectivity index (χ3v) is 4.26. The van der Waals surface area contributed by atoms with Crippen LogP contribution in [0.1, 0.15) is 24.8 Å². The molecule has 1 aliphatic carbocycles. The molecule has 2 aromatic rings. The van der Waals surface area contributed by atoms with E-state index in [9.17, 15) is 0 Å². The lowest BCUT2D eigenvalue weighted by atomic mass is 9.64. The van der Waals surface area contributed by atoms with Gasteiger partial charge < -0.3 is 10.7 Å². The molecule has 1 aromatic carbocycles. The van der Waals surface area contributed by atoms with Crippen LogP contribution in [0.15, 0.2) is 24.4 Å². The van der Waals surface area contributed by atoms with Crippen LogP contribution >= 0.6 is 11.6 Å². The van der Waals surface area contributed by atoms with Gasteiger partial charge in [-0.15, -0.1) is 0 Å². The van der Waals surface area contributed by atoms with E-state index in [0.717, 1.165) is 22.5 Å². The van der Waals surface area contributed by atoms with E-state index in [1.165, 1.54) is 24.8 Å². The number of hydrogen-bond donors (Lipinski definition) is 2. The Kier molecular flexibility index (Phi) is 2.23. The van der Waals surface area contributed by atoms with Gasteiger partial charge in [0.15, 0.2) is 0 Å². The molecule has 1 heterocycles. The van der Waals surface area contributed by atoms with E-state index < -0.39 is 0 Å². The third-order valence-electron chi connectivity index (χ3n) is 3.95. The molecular weight excluding hydrogens is 220 g/mol. The average Bonchev–Trinajstić information content (AvgIpc) is 2.60. The van der Waals surface area contributed by atoms with Gasteiger partial charge in [0.2, 0.25) is 0 Å². The molecule has 0 atom stereocenters. The van der Waals surface area contributed by atoms with Crippen LogP contribution in [0, 0.1) is 0 Å². The minimum absolute atomic E-state index is 0.228. The van der Waals surface area contributed by atoms with Crippen molar-refractivity contribution in [3.8, 4) is 0 Å². The highest BCUT2D eigenvalue weighted by Gasteiger charge is 2.37. The first-order valence-corrected chi connectivity index (χ1v) is 6.10. The number of rotatable bonds is 2. The first-order chi connectivity index (χ1) is 7.75. The van der Waals surface area contributed by atoms with Crippen LogP contribution in [0.25, 0.3) is 10.9 Å². The molecule has 3 N–H and O–H groups in total. The molecule has 0 unspecified atom stereocenters. The second-order valence-corrected chi connectivity index (χ2v) is 5.14. The zero-order valence-electron chi connectivity index (χ0n) is 9.09. The Morgan fingerprint density at radius 1 is 1.38 bits per heavy atom. The number of nitrogens with one attached hydrogen (secondary N) is 1. The van der Waals surface area contributed by atoms with Crippen molar-refractivity contribution >= 4 is 22.5 Å². The number of nitrogens with two attached hydrogens (primary N) is 1. The normalized spacial score (nSPS) is 18.6. The van der Waals surface area contributed by atoms with Crippen LogP contribution in [0.4, 0.5) is 0 Å². The number of H-pyrrole nitrogens is 1. The molecular formula is C13H15ClN2. The summed E-state index contributed by atoms with van der Waals surface area (Å²) >= 11 is 6.06. The van der Waals surface area contributed by atoms with E-state index in [-0.39, 0.29) is 5.41 Å². The highest BCUT2D eigenvalue weighted by atomic mass is 35.5.